The fourth-order valence-corrected chi connectivity index (χ4v) is 2.58. The van der Waals surface area contributed by atoms with E-state index in [1.54, 1.807) is 30.4 Å². The molecule has 3 N–H and O–H groups in total. The number of rotatable bonds is 2. The predicted molar refractivity (Wildman–Crippen MR) is 89.5 cm³/mol. The SMILES string of the molecule is O=c1[nH]c(O)c(C=C2C=CC(c3ccc(Cl)cc3Cl)=N2)c(=O)[nH]1. The molecule has 0 unspecified atom stereocenters. The fraction of sp³-hybridized carbons (Fsp3) is 0. The van der Waals surface area contributed by atoms with Crippen molar-refractivity contribution in [1.82, 2.24) is 9.97 Å². The first-order chi connectivity index (χ1) is 10.9. The average Bonchev–Trinajstić information content (AvgIpc) is 2.91. The Hall–Kier alpha value is -2.57. The van der Waals surface area contributed by atoms with Crippen LogP contribution in [-0.2, 0) is 0 Å². The van der Waals surface area contributed by atoms with Gasteiger partial charge in [-0.3, -0.25) is 14.8 Å². The predicted octanol–water partition coefficient (Wildman–Crippen LogP) is 2.48. The third-order valence-electron chi connectivity index (χ3n) is 3.12. The van der Waals surface area contributed by atoms with Gasteiger partial charge >= 0.3 is 5.69 Å². The van der Waals surface area contributed by atoms with E-state index < -0.39 is 17.1 Å². The van der Waals surface area contributed by atoms with Crippen molar-refractivity contribution in [3.8, 4) is 5.88 Å². The highest BCUT2D eigenvalue weighted by molar-refractivity contribution is 6.37. The molecular formula is C15H9Cl2N3O3. The number of halogens is 2. The van der Waals surface area contributed by atoms with E-state index in [0.29, 0.717) is 27.0 Å². The molecular weight excluding hydrogens is 341 g/mol. The Bertz CT molecular complexity index is 1000. The summed E-state index contributed by atoms with van der Waals surface area (Å²) in [4.78, 5) is 31.2. The van der Waals surface area contributed by atoms with E-state index in [1.165, 1.54) is 6.08 Å². The zero-order valence-electron chi connectivity index (χ0n) is 11.4. The molecule has 2 aromatic rings. The van der Waals surface area contributed by atoms with Crippen molar-refractivity contribution >= 4 is 35.0 Å². The van der Waals surface area contributed by atoms with Gasteiger partial charge in [0, 0.05) is 10.6 Å². The Labute approximate surface area is 139 Å². The van der Waals surface area contributed by atoms with Gasteiger partial charge in [-0.2, -0.15) is 0 Å². The van der Waals surface area contributed by atoms with Gasteiger partial charge in [-0.25, -0.2) is 9.79 Å². The van der Waals surface area contributed by atoms with E-state index in [1.807, 2.05) is 4.98 Å². The number of nitrogens with zero attached hydrogens (tertiary/aromatic N) is 1. The van der Waals surface area contributed by atoms with E-state index in [4.69, 9.17) is 23.2 Å². The van der Waals surface area contributed by atoms with Crippen LogP contribution in [0.3, 0.4) is 0 Å². The number of allylic oxidation sites excluding steroid dienone is 2. The Morgan fingerprint density at radius 1 is 1.13 bits per heavy atom. The lowest BCUT2D eigenvalue weighted by Gasteiger charge is -2.02. The number of aromatic hydroxyl groups is 1. The van der Waals surface area contributed by atoms with Crippen molar-refractivity contribution in [2.24, 2.45) is 4.99 Å². The highest BCUT2D eigenvalue weighted by Gasteiger charge is 2.13. The minimum Gasteiger partial charge on any atom is -0.494 e. The van der Waals surface area contributed by atoms with Crippen molar-refractivity contribution in [1.29, 1.82) is 0 Å². The molecule has 0 atom stereocenters. The lowest BCUT2D eigenvalue weighted by molar-refractivity contribution is 0.447. The fourth-order valence-electron chi connectivity index (χ4n) is 2.07. The van der Waals surface area contributed by atoms with Gasteiger partial charge < -0.3 is 5.11 Å². The van der Waals surface area contributed by atoms with E-state index in [9.17, 15) is 14.7 Å². The standard InChI is InChI=1S/C15H9Cl2N3O3/c16-7-1-3-9(11(17)5-7)12-4-2-8(18-12)6-10-13(21)19-15(23)20-14(10)22/h1-6H,(H3,19,20,21,22,23). The number of hydrogen-bond donors (Lipinski definition) is 3. The Morgan fingerprint density at radius 3 is 2.61 bits per heavy atom. The molecule has 0 radical (unpaired) electrons. The van der Waals surface area contributed by atoms with Crippen molar-refractivity contribution in [3.05, 3.63) is 78.1 Å². The highest BCUT2D eigenvalue weighted by atomic mass is 35.5. The number of benzene rings is 1. The maximum absolute atomic E-state index is 11.7. The first-order valence-corrected chi connectivity index (χ1v) is 7.19. The van der Waals surface area contributed by atoms with Crippen molar-refractivity contribution in [3.63, 3.8) is 0 Å². The molecule has 116 valence electrons. The van der Waals surface area contributed by atoms with Crippen molar-refractivity contribution in [2.75, 3.05) is 0 Å². The first kappa shape index (κ1) is 15.3. The maximum atomic E-state index is 11.7. The zero-order valence-corrected chi connectivity index (χ0v) is 12.9. The lowest BCUT2D eigenvalue weighted by Crippen LogP contribution is -2.23. The van der Waals surface area contributed by atoms with Gasteiger partial charge in [0.05, 0.1) is 16.4 Å². The van der Waals surface area contributed by atoms with Crippen molar-refractivity contribution < 1.29 is 5.11 Å². The minimum absolute atomic E-state index is 0.0866. The monoisotopic (exact) mass is 349 g/mol. The van der Waals surface area contributed by atoms with Crippen LogP contribution >= 0.6 is 23.2 Å². The molecule has 1 aromatic carbocycles. The normalized spacial score (nSPS) is 15.2. The number of nitrogens with one attached hydrogen (secondary N) is 2. The molecule has 0 bridgehead atoms. The van der Waals surface area contributed by atoms with Crippen molar-refractivity contribution in [2.45, 2.75) is 0 Å². The Morgan fingerprint density at radius 2 is 1.91 bits per heavy atom. The largest absolute Gasteiger partial charge is 0.494 e. The molecule has 1 aliphatic heterocycles. The summed E-state index contributed by atoms with van der Waals surface area (Å²) in [5, 5.41) is 10.6. The third-order valence-corrected chi connectivity index (χ3v) is 3.67. The molecule has 1 aromatic heterocycles. The molecule has 2 heterocycles. The highest BCUT2D eigenvalue weighted by Crippen LogP contribution is 2.25. The van der Waals surface area contributed by atoms with Crippen LogP contribution < -0.4 is 11.2 Å². The van der Waals surface area contributed by atoms with Crippen LogP contribution in [0.4, 0.5) is 0 Å². The lowest BCUT2D eigenvalue weighted by atomic mass is 10.1. The Balaban J connectivity index is 2.02. The molecule has 3 rings (SSSR count). The molecule has 6 nitrogen and oxygen atoms in total. The summed E-state index contributed by atoms with van der Waals surface area (Å²) in [6.45, 7) is 0. The summed E-state index contributed by atoms with van der Waals surface area (Å²) in [6.07, 6.45) is 4.74. The van der Waals surface area contributed by atoms with Crippen LogP contribution in [0.1, 0.15) is 11.1 Å². The molecule has 1 aliphatic rings. The second kappa shape index (κ2) is 5.91. The smallest absolute Gasteiger partial charge is 0.328 e. The number of aromatic nitrogens is 2. The quantitative estimate of drug-likeness (QED) is 0.776. The molecule has 0 saturated heterocycles. The van der Waals surface area contributed by atoms with Crippen LogP contribution in [0.25, 0.3) is 6.08 Å². The molecule has 0 fully saturated rings. The number of H-pyrrole nitrogens is 2. The summed E-state index contributed by atoms with van der Waals surface area (Å²) in [5.74, 6) is -0.521. The topological polar surface area (TPSA) is 98.3 Å². The average molecular weight is 350 g/mol. The maximum Gasteiger partial charge on any atom is 0.328 e. The number of hydrogen-bond acceptors (Lipinski definition) is 4. The van der Waals surface area contributed by atoms with E-state index in [2.05, 4.69) is 9.98 Å². The molecule has 23 heavy (non-hydrogen) atoms. The Kier molecular flexibility index (Phi) is 3.94. The second-order valence-corrected chi connectivity index (χ2v) is 5.54. The van der Waals surface area contributed by atoms with Crippen LogP contribution in [0, 0.1) is 0 Å². The van der Waals surface area contributed by atoms with Crippen LogP contribution in [0.5, 0.6) is 5.88 Å². The van der Waals surface area contributed by atoms with E-state index in [-0.39, 0.29) is 5.56 Å². The van der Waals surface area contributed by atoms with Gasteiger partial charge in [0.2, 0.25) is 5.88 Å². The van der Waals surface area contributed by atoms with Gasteiger partial charge in [0.25, 0.3) is 5.56 Å². The zero-order chi connectivity index (χ0) is 16.6. The van der Waals surface area contributed by atoms with Crippen LogP contribution in [0.15, 0.2) is 50.6 Å². The number of aromatic amines is 2. The van der Waals surface area contributed by atoms with Gasteiger partial charge in [0.15, 0.2) is 0 Å². The molecule has 0 amide bonds. The van der Waals surface area contributed by atoms with E-state index >= 15 is 0 Å². The first-order valence-electron chi connectivity index (χ1n) is 6.43. The number of aliphatic imine (C=N–C) groups is 1. The second-order valence-electron chi connectivity index (χ2n) is 4.69. The molecule has 8 heteroatoms. The van der Waals surface area contributed by atoms with Gasteiger partial charge in [-0.05, 0) is 36.4 Å². The van der Waals surface area contributed by atoms with Crippen LogP contribution in [-0.4, -0.2) is 20.8 Å². The minimum atomic E-state index is -0.784. The van der Waals surface area contributed by atoms with Crippen LogP contribution in [0.2, 0.25) is 10.0 Å². The third kappa shape index (κ3) is 3.13. The molecule has 0 saturated carbocycles. The van der Waals surface area contributed by atoms with Gasteiger partial charge in [-0.15, -0.1) is 0 Å². The summed E-state index contributed by atoms with van der Waals surface area (Å²) >= 11 is 12.0. The van der Waals surface area contributed by atoms with Gasteiger partial charge in [-0.1, -0.05) is 23.2 Å². The summed E-state index contributed by atoms with van der Waals surface area (Å²) in [5.41, 5.74) is 0.137. The van der Waals surface area contributed by atoms with Gasteiger partial charge in [0.1, 0.15) is 5.56 Å². The van der Waals surface area contributed by atoms with E-state index in [0.717, 1.165) is 0 Å². The summed E-state index contributed by atoms with van der Waals surface area (Å²) in [7, 11) is 0. The summed E-state index contributed by atoms with van der Waals surface area (Å²) < 4.78 is 0. The molecule has 0 spiro atoms. The summed E-state index contributed by atoms with van der Waals surface area (Å²) in [6, 6.07) is 5.04. The molecule has 0 aliphatic carbocycles.